The van der Waals surface area contributed by atoms with E-state index < -0.39 is 23.8 Å². The second-order valence-electron chi connectivity index (χ2n) is 5.09. The summed E-state index contributed by atoms with van der Waals surface area (Å²) in [6, 6.07) is 11.2. The minimum atomic E-state index is -0.881. The topological polar surface area (TPSA) is 111 Å². The number of ether oxygens (including phenoxy) is 3. The van der Waals surface area contributed by atoms with Crippen LogP contribution in [0.4, 0.5) is 10.5 Å². The lowest BCUT2D eigenvalue weighted by Gasteiger charge is -2.12. The van der Waals surface area contributed by atoms with Crippen molar-refractivity contribution in [2.45, 2.75) is 6.61 Å². The van der Waals surface area contributed by atoms with Crippen LogP contribution in [0.3, 0.4) is 0 Å². The van der Waals surface area contributed by atoms with Crippen molar-refractivity contribution in [2.75, 3.05) is 19.5 Å². The van der Waals surface area contributed by atoms with Crippen molar-refractivity contribution < 1.29 is 33.7 Å². The number of rotatable bonds is 5. The maximum Gasteiger partial charge on any atom is 0.412 e. The molecule has 2 N–H and O–H groups in total. The molecule has 1 amide bonds. The van der Waals surface area contributed by atoms with Gasteiger partial charge >= 0.3 is 18.0 Å². The predicted octanol–water partition coefficient (Wildman–Crippen LogP) is 2.71. The highest BCUT2D eigenvalue weighted by Crippen LogP contribution is 2.30. The minimum Gasteiger partial charge on any atom is -0.505 e. The SMILES string of the molecule is COC(=O)c1cc(NC(=O)OCc2ccccc2)c(O)c(C(=O)OC)c1. The van der Waals surface area contributed by atoms with Crippen LogP contribution in [0.5, 0.6) is 5.75 Å². The van der Waals surface area contributed by atoms with Crippen LogP contribution in [-0.4, -0.2) is 37.4 Å². The molecule has 2 aromatic carbocycles. The molecule has 0 saturated heterocycles. The first kappa shape index (κ1) is 18.8. The summed E-state index contributed by atoms with van der Waals surface area (Å²) in [5.41, 5.74) is 0.231. The molecule has 0 aliphatic heterocycles. The molecule has 0 saturated carbocycles. The summed E-state index contributed by atoms with van der Waals surface area (Å²) in [6.45, 7) is 0.00792. The molecule has 2 aromatic rings. The zero-order chi connectivity index (χ0) is 19.1. The molecule has 0 aliphatic carbocycles. The Bertz CT molecular complexity index is 818. The number of phenolic OH excluding ortho intramolecular Hbond substituents is 1. The molecule has 0 aromatic heterocycles. The summed E-state index contributed by atoms with van der Waals surface area (Å²) in [5.74, 6) is -2.19. The van der Waals surface area contributed by atoms with E-state index >= 15 is 0 Å². The molecule has 8 heteroatoms. The van der Waals surface area contributed by atoms with Gasteiger partial charge in [-0.3, -0.25) is 5.32 Å². The van der Waals surface area contributed by atoms with E-state index in [-0.39, 0.29) is 23.4 Å². The highest BCUT2D eigenvalue weighted by atomic mass is 16.5. The zero-order valence-electron chi connectivity index (χ0n) is 14.1. The molecule has 0 spiro atoms. The van der Waals surface area contributed by atoms with Crippen molar-refractivity contribution in [2.24, 2.45) is 0 Å². The number of aromatic hydroxyl groups is 1. The third kappa shape index (κ3) is 4.50. The van der Waals surface area contributed by atoms with Crippen LogP contribution < -0.4 is 5.32 Å². The minimum absolute atomic E-state index is 0.00792. The van der Waals surface area contributed by atoms with Crippen LogP contribution in [-0.2, 0) is 20.8 Å². The Morgan fingerprint density at radius 1 is 1.00 bits per heavy atom. The Labute approximate surface area is 149 Å². The van der Waals surface area contributed by atoms with Gasteiger partial charge in [0.05, 0.1) is 25.5 Å². The lowest BCUT2D eigenvalue weighted by molar-refractivity contribution is 0.0596. The molecule has 2 rings (SSSR count). The number of esters is 2. The number of phenols is 1. The van der Waals surface area contributed by atoms with Crippen molar-refractivity contribution in [3.05, 3.63) is 59.2 Å². The van der Waals surface area contributed by atoms with E-state index in [2.05, 4.69) is 14.8 Å². The first-order valence-corrected chi connectivity index (χ1v) is 7.47. The van der Waals surface area contributed by atoms with Crippen LogP contribution in [0.2, 0.25) is 0 Å². The number of carbonyl (C=O) groups excluding carboxylic acids is 3. The quantitative estimate of drug-likeness (QED) is 0.480. The van der Waals surface area contributed by atoms with Gasteiger partial charge < -0.3 is 19.3 Å². The summed E-state index contributed by atoms with van der Waals surface area (Å²) in [7, 11) is 2.28. The van der Waals surface area contributed by atoms with Gasteiger partial charge in [0.2, 0.25) is 0 Å². The first-order valence-electron chi connectivity index (χ1n) is 7.47. The molecule has 0 aliphatic rings. The van der Waals surface area contributed by atoms with Crippen LogP contribution in [0.25, 0.3) is 0 Å². The first-order chi connectivity index (χ1) is 12.5. The number of methoxy groups -OCH3 is 2. The molecule has 0 unspecified atom stereocenters. The number of amides is 1. The van der Waals surface area contributed by atoms with Gasteiger partial charge in [0.1, 0.15) is 12.2 Å². The number of nitrogens with one attached hydrogen (secondary N) is 1. The van der Waals surface area contributed by atoms with Gasteiger partial charge in [0.25, 0.3) is 0 Å². The number of hydrogen-bond acceptors (Lipinski definition) is 7. The van der Waals surface area contributed by atoms with E-state index in [0.29, 0.717) is 0 Å². The van der Waals surface area contributed by atoms with Gasteiger partial charge in [-0.25, -0.2) is 14.4 Å². The van der Waals surface area contributed by atoms with E-state index in [4.69, 9.17) is 4.74 Å². The molecular formula is C18H17NO7. The third-order valence-electron chi connectivity index (χ3n) is 3.39. The fourth-order valence-electron chi connectivity index (χ4n) is 2.10. The second kappa shape index (κ2) is 8.52. The predicted molar refractivity (Wildman–Crippen MR) is 91.0 cm³/mol. The van der Waals surface area contributed by atoms with Crippen LogP contribution in [0.1, 0.15) is 26.3 Å². The fraction of sp³-hybridized carbons (Fsp3) is 0.167. The maximum absolute atomic E-state index is 12.0. The summed E-state index contributed by atoms with van der Waals surface area (Å²) < 4.78 is 14.2. The number of carbonyl (C=O) groups is 3. The maximum atomic E-state index is 12.0. The Morgan fingerprint density at radius 2 is 1.65 bits per heavy atom. The van der Waals surface area contributed by atoms with Gasteiger partial charge in [-0.2, -0.15) is 0 Å². The van der Waals surface area contributed by atoms with Crippen molar-refractivity contribution >= 4 is 23.7 Å². The number of anilines is 1. The molecule has 26 heavy (non-hydrogen) atoms. The Hall–Kier alpha value is -3.55. The molecule has 0 bridgehead atoms. The monoisotopic (exact) mass is 359 g/mol. The highest BCUT2D eigenvalue weighted by Gasteiger charge is 2.21. The van der Waals surface area contributed by atoms with Crippen molar-refractivity contribution in [3.8, 4) is 5.75 Å². The third-order valence-corrected chi connectivity index (χ3v) is 3.39. The van der Waals surface area contributed by atoms with Crippen molar-refractivity contribution in [1.29, 1.82) is 0 Å². The normalized spacial score (nSPS) is 9.92. The van der Waals surface area contributed by atoms with E-state index in [1.54, 1.807) is 24.3 Å². The van der Waals surface area contributed by atoms with E-state index in [0.717, 1.165) is 31.9 Å². The van der Waals surface area contributed by atoms with Gasteiger partial charge in [-0.1, -0.05) is 30.3 Å². The van der Waals surface area contributed by atoms with E-state index in [9.17, 15) is 19.5 Å². The highest BCUT2D eigenvalue weighted by molar-refractivity contribution is 6.01. The Balaban J connectivity index is 2.22. The average molecular weight is 359 g/mol. The molecule has 136 valence electrons. The molecular weight excluding hydrogens is 342 g/mol. The van der Waals surface area contributed by atoms with E-state index in [1.807, 2.05) is 6.07 Å². The molecule has 8 nitrogen and oxygen atoms in total. The smallest absolute Gasteiger partial charge is 0.412 e. The lowest BCUT2D eigenvalue weighted by atomic mass is 10.1. The largest absolute Gasteiger partial charge is 0.505 e. The Morgan fingerprint density at radius 3 is 2.27 bits per heavy atom. The Kier molecular flexibility index (Phi) is 6.15. The second-order valence-corrected chi connectivity index (χ2v) is 5.09. The molecule has 0 radical (unpaired) electrons. The standard InChI is InChI=1S/C18H17NO7/c1-24-16(21)12-8-13(17(22)25-2)15(20)14(9-12)19-18(23)26-10-11-6-4-3-5-7-11/h3-9,20H,10H2,1-2H3,(H,19,23). The molecule has 0 fully saturated rings. The van der Waals surface area contributed by atoms with Crippen molar-refractivity contribution in [1.82, 2.24) is 0 Å². The van der Waals surface area contributed by atoms with Crippen LogP contribution in [0.15, 0.2) is 42.5 Å². The van der Waals surface area contributed by atoms with Gasteiger partial charge in [-0.05, 0) is 17.7 Å². The summed E-state index contributed by atoms with van der Waals surface area (Å²) in [6.07, 6.45) is -0.873. The zero-order valence-corrected chi connectivity index (χ0v) is 14.1. The van der Waals surface area contributed by atoms with E-state index in [1.165, 1.54) is 0 Å². The summed E-state index contributed by atoms with van der Waals surface area (Å²) in [4.78, 5) is 35.5. The van der Waals surface area contributed by atoms with Crippen LogP contribution >= 0.6 is 0 Å². The molecule has 0 heterocycles. The number of benzene rings is 2. The summed E-state index contributed by atoms with van der Waals surface area (Å²) in [5, 5.41) is 12.5. The molecule has 0 atom stereocenters. The number of hydrogen-bond donors (Lipinski definition) is 2. The summed E-state index contributed by atoms with van der Waals surface area (Å²) >= 11 is 0. The van der Waals surface area contributed by atoms with Gasteiger partial charge in [-0.15, -0.1) is 0 Å². The van der Waals surface area contributed by atoms with Crippen molar-refractivity contribution in [3.63, 3.8) is 0 Å². The average Bonchev–Trinajstić information content (AvgIpc) is 2.67. The fourth-order valence-corrected chi connectivity index (χ4v) is 2.10. The van der Waals surface area contributed by atoms with Crippen LogP contribution in [0, 0.1) is 0 Å². The van der Waals surface area contributed by atoms with Gasteiger partial charge in [0.15, 0.2) is 5.75 Å². The van der Waals surface area contributed by atoms with Gasteiger partial charge in [0, 0.05) is 0 Å². The lowest BCUT2D eigenvalue weighted by Crippen LogP contribution is -2.16.